The fourth-order valence-electron chi connectivity index (χ4n) is 8.66. The third kappa shape index (κ3) is 4.97. The Morgan fingerprint density at radius 1 is 0.900 bits per heavy atom. The van der Waals surface area contributed by atoms with Crippen LogP contribution in [0.3, 0.4) is 0 Å². The molecule has 0 radical (unpaired) electrons. The van der Waals surface area contributed by atoms with Crippen molar-refractivity contribution >= 4 is 12.6 Å². The fourth-order valence-corrected chi connectivity index (χ4v) is 9.65. The lowest BCUT2D eigenvalue weighted by Gasteiger charge is -2.62. The Hall–Kier alpha value is 0.350. The van der Waals surface area contributed by atoms with Crippen LogP contribution in [0.4, 0.5) is 0 Å². The maximum atomic E-state index is 5.52. The lowest BCUT2D eigenvalue weighted by Crippen LogP contribution is -2.57. The first kappa shape index (κ1) is 28.4. The molecule has 0 amide bonds. The molecule has 0 aliphatic heterocycles. The number of rotatable bonds is 2. The molecule has 0 aromatic rings. The highest BCUT2D eigenvalue weighted by molar-refractivity contribution is 7.81. The van der Waals surface area contributed by atoms with Crippen LogP contribution >= 0.6 is 12.6 Å². The Kier molecular flexibility index (Phi) is 11.9. The van der Waals surface area contributed by atoms with Gasteiger partial charge in [-0.1, -0.05) is 88.5 Å². The minimum atomic E-state index is 0.355. The lowest BCUT2D eigenvalue weighted by molar-refractivity contribution is -0.108. The Morgan fingerprint density at radius 2 is 1.53 bits per heavy atom. The fraction of sp³-hybridized carbons (Fsp3) is 1.00. The highest BCUT2D eigenvalue weighted by atomic mass is 32.1. The Balaban J connectivity index is 0.000000691. The van der Waals surface area contributed by atoms with E-state index in [9.17, 15) is 0 Å². The van der Waals surface area contributed by atoms with Crippen LogP contribution in [0.2, 0.25) is 0 Å². The van der Waals surface area contributed by atoms with Gasteiger partial charge in [-0.15, -0.1) is 0 Å². The summed E-state index contributed by atoms with van der Waals surface area (Å²) in [6.07, 6.45) is 14.8. The second-order valence-electron chi connectivity index (χ2n) is 10.6. The third-order valence-electron chi connectivity index (χ3n) is 9.70. The largest absolute Gasteiger partial charge is 0.172 e. The van der Waals surface area contributed by atoms with Crippen LogP contribution in [0, 0.1) is 46.8 Å². The molecule has 4 aliphatic rings. The van der Waals surface area contributed by atoms with Gasteiger partial charge in [0.15, 0.2) is 0 Å². The second kappa shape index (κ2) is 12.6. The average molecular weight is 439 g/mol. The van der Waals surface area contributed by atoms with Gasteiger partial charge in [0, 0.05) is 4.75 Å². The van der Waals surface area contributed by atoms with Crippen molar-refractivity contribution in [2.75, 3.05) is 0 Å². The molecule has 0 heterocycles. The van der Waals surface area contributed by atoms with Crippen LogP contribution in [0.15, 0.2) is 0 Å². The van der Waals surface area contributed by atoms with Crippen molar-refractivity contribution in [1.29, 1.82) is 0 Å². The summed E-state index contributed by atoms with van der Waals surface area (Å²) in [5, 5.41) is 0. The minimum Gasteiger partial charge on any atom is -0.172 e. The first-order valence-corrected chi connectivity index (χ1v) is 14.6. The lowest BCUT2D eigenvalue weighted by atomic mass is 9.44. The molecule has 1 heteroatoms. The van der Waals surface area contributed by atoms with Gasteiger partial charge in [0.25, 0.3) is 0 Å². The average Bonchev–Trinajstić information content (AvgIpc) is 3.13. The topological polar surface area (TPSA) is 0 Å². The SMILES string of the molecule is CC.CC.CC.CCC(C)C1CCC2C3CCC4CCCCC4(C)C3C(C)CC12S. The van der Waals surface area contributed by atoms with Crippen molar-refractivity contribution in [3.63, 3.8) is 0 Å². The van der Waals surface area contributed by atoms with Gasteiger partial charge in [-0.2, -0.15) is 12.6 Å². The smallest absolute Gasteiger partial charge is 0.0194 e. The Morgan fingerprint density at radius 3 is 2.13 bits per heavy atom. The second-order valence-corrected chi connectivity index (χ2v) is 11.4. The molecule has 0 aromatic carbocycles. The quantitative estimate of drug-likeness (QED) is 0.407. The molecule has 4 saturated carbocycles. The van der Waals surface area contributed by atoms with Crippen LogP contribution in [0.25, 0.3) is 0 Å². The normalized spacial score (nSPS) is 44.9. The van der Waals surface area contributed by atoms with Crippen molar-refractivity contribution in [2.45, 2.75) is 138 Å². The molecule has 4 rings (SSSR count). The van der Waals surface area contributed by atoms with Crippen molar-refractivity contribution in [2.24, 2.45) is 46.8 Å². The van der Waals surface area contributed by atoms with E-state index in [0.29, 0.717) is 10.2 Å². The first-order chi connectivity index (χ1) is 14.4. The molecule has 4 fully saturated rings. The van der Waals surface area contributed by atoms with E-state index in [0.717, 1.165) is 41.4 Å². The molecule has 9 unspecified atom stereocenters. The molecular formula is C29H58S. The van der Waals surface area contributed by atoms with Gasteiger partial charge in [-0.05, 0) is 91.8 Å². The molecule has 180 valence electrons. The molecule has 30 heavy (non-hydrogen) atoms. The number of thiol groups is 1. The zero-order chi connectivity index (χ0) is 23.1. The maximum absolute atomic E-state index is 5.52. The maximum Gasteiger partial charge on any atom is 0.0194 e. The summed E-state index contributed by atoms with van der Waals surface area (Å²) in [5.41, 5.74) is 0.657. The van der Waals surface area contributed by atoms with Crippen LogP contribution in [0.5, 0.6) is 0 Å². The number of hydrogen-bond acceptors (Lipinski definition) is 1. The van der Waals surface area contributed by atoms with Gasteiger partial charge in [0.1, 0.15) is 0 Å². The van der Waals surface area contributed by atoms with Gasteiger partial charge >= 0.3 is 0 Å². The molecule has 0 saturated heterocycles. The summed E-state index contributed by atoms with van der Waals surface area (Å²) in [4.78, 5) is 0. The van der Waals surface area contributed by atoms with Crippen molar-refractivity contribution in [1.82, 2.24) is 0 Å². The predicted octanol–water partition coefficient (Wildman–Crippen LogP) is 10.1. The van der Waals surface area contributed by atoms with E-state index in [1.54, 1.807) is 0 Å². The van der Waals surface area contributed by atoms with Gasteiger partial charge in [-0.3, -0.25) is 0 Å². The molecule has 0 aromatic heterocycles. The molecule has 9 atom stereocenters. The predicted molar refractivity (Wildman–Crippen MR) is 141 cm³/mol. The van der Waals surface area contributed by atoms with Crippen LogP contribution in [-0.4, -0.2) is 4.75 Å². The van der Waals surface area contributed by atoms with E-state index in [4.69, 9.17) is 12.6 Å². The highest BCUT2D eigenvalue weighted by Gasteiger charge is 2.62. The zero-order valence-corrected chi connectivity index (χ0v) is 23.5. The standard InChI is InChI=1S/C23H40S.3C2H6/c1-5-15(2)19-11-12-20-18-10-9-17-8-6-7-13-22(17,4)21(18)16(3)14-23(19,20)24;3*1-2/h15-21,24H,5-14H2,1-4H3;3*1-2H3. The van der Waals surface area contributed by atoms with Crippen molar-refractivity contribution < 1.29 is 0 Å². The zero-order valence-electron chi connectivity index (χ0n) is 22.6. The van der Waals surface area contributed by atoms with E-state index in [1.165, 1.54) is 64.2 Å². The number of fused-ring (bicyclic) bond motifs is 5. The Bertz CT molecular complexity index is 473. The third-order valence-corrected chi connectivity index (χ3v) is 10.6. The number of hydrogen-bond donors (Lipinski definition) is 1. The summed E-state index contributed by atoms with van der Waals surface area (Å²) < 4.78 is 0.355. The monoisotopic (exact) mass is 438 g/mol. The molecule has 0 N–H and O–H groups in total. The van der Waals surface area contributed by atoms with Gasteiger partial charge in [0.2, 0.25) is 0 Å². The van der Waals surface area contributed by atoms with E-state index in [-0.39, 0.29) is 0 Å². The van der Waals surface area contributed by atoms with E-state index < -0.39 is 0 Å². The molecular weight excluding hydrogens is 380 g/mol. The van der Waals surface area contributed by atoms with Crippen LogP contribution in [-0.2, 0) is 0 Å². The molecule has 0 bridgehead atoms. The highest BCUT2D eigenvalue weighted by Crippen LogP contribution is 2.68. The summed E-state index contributed by atoms with van der Waals surface area (Å²) in [6.45, 7) is 22.2. The van der Waals surface area contributed by atoms with E-state index >= 15 is 0 Å². The van der Waals surface area contributed by atoms with E-state index in [1.807, 2.05) is 41.5 Å². The first-order valence-electron chi connectivity index (χ1n) is 14.1. The summed E-state index contributed by atoms with van der Waals surface area (Å²) in [7, 11) is 0. The molecule has 4 aliphatic carbocycles. The van der Waals surface area contributed by atoms with E-state index in [2.05, 4.69) is 27.7 Å². The summed E-state index contributed by atoms with van der Waals surface area (Å²) in [5.74, 6) is 6.56. The minimum absolute atomic E-state index is 0.355. The molecule has 0 nitrogen and oxygen atoms in total. The van der Waals surface area contributed by atoms with Crippen molar-refractivity contribution in [3.05, 3.63) is 0 Å². The van der Waals surface area contributed by atoms with Crippen LogP contribution < -0.4 is 0 Å². The summed E-state index contributed by atoms with van der Waals surface area (Å²) in [6, 6.07) is 0. The van der Waals surface area contributed by atoms with Crippen LogP contribution in [0.1, 0.15) is 133 Å². The summed E-state index contributed by atoms with van der Waals surface area (Å²) >= 11 is 5.52. The molecule has 0 spiro atoms. The van der Waals surface area contributed by atoms with Gasteiger partial charge in [0.05, 0.1) is 0 Å². The Labute approximate surface area is 197 Å². The van der Waals surface area contributed by atoms with Gasteiger partial charge in [-0.25, -0.2) is 0 Å². The van der Waals surface area contributed by atoms with Crippen molar-refractivity contribution in [3.8, 4) is 0 Å². The van der Waals surface area contributed by atoms with Gasteiger partial charge < -0.3 is 0 Å².